The highest BCUT2D eigenvalue weighted by molar-refractivity contribution is 7.84. The van der Waals surface area contributed by atoms with Crippen LogP contribution in [0.25, 0.3) is 0 Å². The average molecular weight is 448 g/mol. The van der Waals surface area contributed by atoms with Crippen LogP contribution in [0.2, 0.25) is 0 Å². The smallest absolute Gasteiger partial charge is 0.236 e. The number of amides is 1. The van der Waals surface area contributed by atoms with Crippen LogP contribution in [-0.4, -0.2) is 95.9 Å². The van der Waals surface area contributed by atoms with Crippen LogP contribution in [0.5, 0.6) is 0 Å². The lowest BCUT2D eigenvalue weighted by Gasteiger charge is -2.37. The van der Waals surface area contributed by atoms with Gasteiger partial charge in [0.15, 0.2) is 5.96 Å². The number of likely N-dealkylation sites (tertiary alicyclic amines) is 1. The Kier molecular flexibility index (Phi) is 9.81. The Morgan fingerprint density at radius 3 is 2.29 bits per heavy atom. The van der Waals surface area contributed by atoms with Crippen molar-refractivity contribution < 1.29 is 9.00 Å². The van der Waals surface area contributed by atoms with Crippen molar-refractivity contribution in [2.24, 2.45) is 4.99 Å². The van der Waals surface area contributed by atoms with Crippen molar-refractivity contribution >= 4 is 22.7 Å². The quantitative estimate of drug-likeness (QED) is 0.507. The van der Waals surface area contributed by atoms with E-state index in [9.17, 15) is 9.00 Å². The van der Waals surface area contributed by atoms with Crippen molar-refractivity contribution in [1.82, 2.24) is 20.0 Å². The first-order valence-electron chi connectivity index (χ1n) is 11.5. The lowest BCUT2D eigenvalue weighted by atomic mass is 10.2. The summed E-state index contributed by atoms with van der Waals surface area (Å²) in [5.74, 6) is 2.32. The van der Waals surface area contributed by atoms with Gasteiger partial charge in [-0.25, -0.2) is 0 Å². The first-order valence-corrected chi connectivity index (χ1v) is 13.0. The molecule has 31 heavy (non-hydrogen) atoms. The molecule has 0 saturated carbocycles. The fourth-order valence-corrected chi connectivity index (χ4v) is 5.21. The molecule has 1 aromatic rings. The van der Waals surface area contributed by atoms with Gasteiger partial charge < -0.3 is 15.1 Å². The molecule has 1 amide bonds. The Labute approximate surface area is 189 Å². The third kappa shape index (κ3) is 7.92. The summed E-state index contributed by atoms with van der Waals surface area (Å²) in [6.45, 7) is 6.42. The minimum atomic E-state index is -0.897. The van der Waals surface area contributed by atoms with E-state index < -0.39 is 10.8 Å². The van der Waals surface area contributed by atoms with Crippen LogP contribution in [0.4, 0.5) is 0 Å². The number of aliphatic imine (C=N–C) groups is 1. The first-order chi connectivity index (χ1) is 15.2. The number of nitrogens with one attached hydrogen (secondary N) is 1. The standard InChI is InChI=1S/C23H37N5O2S/c1-24-23(25-11-18-31(30)20-21-9-5-4-6-10-21)28-16-14-26(15-17-28)19-22(29)27-12-7-2-3-8-13-27/h4-6,9-10H,2-3,7-8,11-20H2,1H3,(H,24,25). The van der Waals surface area contributed by atoms with E-state index in [1.54, 1.807) is 7.05 Å². The maximum absolute atomic E-state index is 12.6. The number of carbonyl (C=O) groups is 1. The molecule has 0 aliphatic carbocycles. The first kappa shape index (κ1) is 23.7. The highest BCUT2D eigenvalue weighted by atomic mass is 32.2. The van der Waals surface area contributed by atoms with Crippen molar-refractivity contribution in [3.63, 3.8) is 0 Å². The number of nitrogens with zero attached hydrogens (tertiary/aromatic N) is 4. The fraction of sp³-hybridized carbons (Fsp3) is 0.652. The number of hydrogen-bond acceptors (Lipinski definition) is 4. The number of piperazine rings is 1. The predicted octanol–water partition coefficient (Wildman–Crippen LogP) is 1.53. The van der Waals surface area contributed by atoms with Gasteiger partial charge in [-0.15, -0.1) is 0 Å². The number of guanidine groups is 1. The summed E-state index contributed by atoms with van der Waals surface area (Å²) in [5, 5.41) is 3.36. The second-order valence-corrected chi connectivity index (χ2v) is 9.88. The molecule has 0 radical (unpaired) electrons. The molecular formula is C23H37N5O2S. The second-order valence-electron chi connectivity index (χ2n) is 8.31. The predicted molar refractivity (Wildman–Crippen MR) is 128 cm³/mol. The van der Waals surface area contributed by atoms with Crippen LogP contribution in [0.3, 0.4) is 0 Å². The Hall–Kier alpha value is -1.93. The van der Waals surface area contributed by atoms with E-state index in [2.05, 4.69) is 25.0 Å². The highest BCUT2D eigenvalue weighted by Crippen LogP contribution is 2.11. The van der Waals surface area contributed by atoms with Gasteiger partial charge in [-0.3, -0.25) is 18.9 Å². The highest BCUT2D eigenvalue weighted by Gasteiger charge is 2.23. The molecular weight excluding hydrogens is 410 g/mol. The zero-order valence-electron chi connectivity index (χ0n) is 18.8. The van der Waals surface area contributed by atoms with Gasteiger partial charge in [-0.2, -0.15) is 0 Å². The SMILES string of the molecule is CN=C(NCCS(=O)Cc1ccccc1)N1CCN(CC(=O)N2CCCCCC2)CC1. The van der Waals surface area contributed by atoms with Crippen LogP contribution in [0.15, 0.2) is 35.3 Å². The summed E-state index contributed by atoms with van der Waals surface area (Å²) in [4.78, 5) is 23.6. The third-order valence-electron chi connectivity index (χ3n) is 5.98. The van der Waals surface area contributed by atoms with Crippen molar-refractivity contribution in [2.45, 2.75) is 31.4 Å². The molecule has 0 spiro atoms. The average Bonchev–Trinajstić information content (AvgIpc) is 3.08. The van der Waals surface area contributed by atoms with Crippen LogP contribution in [-0.2, 0) is 21.3 Å². The minimum absolute atomic E-state index is 0.277. The number of hydrogen-bond donors (Lipinski definition) is 1. The van der Waals surface area contributed by atoms with Gasteiger partial charge in [0.1, 0.15) is 0 Å². The van der Waals surface area contributed by atoms with Crippen molar-refractivity contribution in [3.05, 3.63) is 35.9 Å². The van der Waals surface area contributed by atoms with Crippen LogP contribution >= 0.6 is 0 Å². The summed E-state index contributed by atoms with van der Waals surface area (Å²) in [5.41, 5.74) is 1.11. The normalized spacial score (nSPS) is 19.7. The monoisotopic (exact) mass is 447 g/mol. The molecule has 3 rings (SSSR count). The molecule has 1 N–H and O–H groups in total. The number of rotatable bonds is 7. The number of benzene rings is 1. The molecule has 2 aliphatic rings. The Balaban J connectivity index is 1.35. The minimum Gasteiger partial charge on any atom is -0.355 e. The molecule has 0 aromatic heterocycles. The maximum atomic E-state index is 12.6. The van der Waals surface area contributed by atoms with Crippen molar-refractivity contribution in [3.8, 4) is 0 Å². The summed E-state index contributed by atoms with van der Waals surface area (Å²) in [7, 11) is 0.893. The fourth-order valence-electron chi connectivity index (χ4n) is 4.17. The molecule has 0 bridgehead atoms. The van der Waals surface area contributed by atoms with Crippen LogP contribution in [0.1, 0.15) is 31.2 Å². The molecule has 8 heteroatoms. The molecule has 2 aliphatic heterocycles. The van der Waals surface area contributed by atoms with E-state index in [0.717, 1.165) is 63.6 Å². The van der Waals surface area contributed by atoms with E-state index in [1.165, 1.54) is 12.8 Å². The van der Waals surface area contributed by atoms with Crippen molar-refractivity contribution in [1.29, 1.82) is 0 Å². The topological polar surface area (TPSA) is 68.2 Å². The molecule has 2 fully saturated rings. The lowest BCUT2D eigenvalue weighted by molar-refractivity contribution is -0.132. The van der Waals surface area contributed by atoms with Crippen LogP contribution in [0, 0.1) is 0 Å². The van der Waals surface area contributed by atoms with Crippen LogP contribution < -0.4 is 5.32 Å². The van der Waals surface area contributed by atoms with Gasteiger partial charge in [-0.1, -0.05) is 43.2 Å². The third-order valence-corrected chi connectivity index (χ3v) is 7.30. The largest absolute Gasteiger partial charge is 0.355 e. The van der Waals surface area contributed by atoms with E-state index in [1.807, 2.05) is 30.3 Å². The van der Waals surface area contributed by atoms with Gasteiger partial charge in [0, 0.05) is 75.2 Å². The Morgan fingerprint density at radius 1 is 0.968 bits per heavy atom. The van der Waals surface area contributed by atoms with Gasteiger partial charge in [-0.05, 0) is 18.4 Å². The summed E-state index contributed by atoms with van der Waals surface area (Å²) in [6, 6.07) is 9.97. The maximum Gasteiger partial charge on any atom is 0.236 e. The van der Waals surface area contributed by atoms with E-state index in [4.69, 9.17) is 0 Å². The van der Waals surface area contributed by atoms with Gasteiger partial charge in [0.2, 0.25) is 5.91 Å². The van der Waals surface area contributed by atoms with Gasteiger partial charge in [0.25, 0.3) is 0 Å². The lowest BCUT2D eigenvalue weighted by Crippen LogP contribution is -2.54. The van der Waals surface area contributed by atoms with Gasteiger partial charge in [0.05, 0.1) is 6.54 Å². The molecule has 1 atom stereocenters. The summed E-state index contributed by atoms with van der Waals surface area (Å²) in [6.07, 6.45) is 4.76. The molecule has 2 heterocycles. The summed E-state index contributed by atoms with van der Waals surface area (Å²) < 4.78 is 12.3. The molecule has 7 nitrogen and oxygen atoms in total. The zero-order chi connectivity index (χ0) is 21.9. The van der Waals surface area contributed by atoms with Crippen molar-refractivity contribution in [2.75, 3.05) is 65.2 Å². The Bertz CT molecular complexity index is 727. The number of carbonyl (C=O) groups excluding carboxylic acids is 1. The van der Waals surface area contributed by atoms with E-state index >= 15 is 0 Å². The second kappa shape index (κ2) is 12.8. The molecule has 1 aromatic carbocycles. The Morgan fingerprint density at radius 2 is 1.65 bits per heavy atom. The molecule has 172 valence electrons. The van der Waals surface area contributed by atoms with Gasteiger partial charge >= 0.3 is 0 Å². The van der Waals surface area contributed by atoms with E-state index in [0.29, 0.717) is 24.6 Å². The van der Waals surface area contributed by atoms with E-state index in [-0.39, 0.29) is 5.91 Å². The summed E-state index contributed by atoms with van der Waals surface area (Å²) >= 11 is 0. The zero-order valence-corrected chi connectivity index (χ0v) is 19.6. The molecule has 1 unspecified atom stereocenters. The molecule has 2 saturated heterocycles.